The van der Waals surface area contributed by atoms with Crippen molar-refractivity contribution >= 4 is 34.1 Å². The molecule has 60 heavy (non-hydrogen) atoms. The third-order valence-corrected chi connectivity index (χ3v) is 12.5. The van der Waals surface area contributed by atoms with E-state index in [4.69, 9.17) is 0 Å². The molecule has 0 fully saturated rings. The molecular formula is C52H42N8. The lowest BCUT2D eigenvalue weighted by atomic mass is 9.73. The number of nitrogens with zero attached hydrogens (tertiary/aromatic N) is 8. The number of fused-ring (bicyclic) bond motifs is 4. The highest BCUT2D eigenvalue weighted by atomic mass is 15.4. The molecule has 2 aliphatic heterocycles. The summed E-state index contributed by atoms with van der Waals surface area (Å²) in [7, 11) is 0. The van der Waals surface area contributed by atoms with E-state index in [1.54, 1.807) is 0 Å². The number of hydrogen-bond acceptors (Lipinski definition) is 6. The van der Waals surface area contributed by atoms with Gasteiger partial charge in [-0.1, -0.05) is 129 Å². The standard InChI is InChI=1S/C52H42N8/c1-51(2)41-16-5-9-20-47(41)59(48-21-10-6-17-42(48)51)39-28-24-37(25-29-39)57-33-45(53-55-57)35-14-13-15-36(32-35)46-34-58(56-54-46)38-26-30-40(31-27-38)60-49-22-11-7-18-43(49)52(3,4)44-19-8-12-23-50(44)60/h5-34H,1-4H3. The molecule has 0 amide bonds. The van der Waals surface area contributed by atoms with Crippen LogP contribution in [0.4, 0.5) is 34.1 Å². The maximum absolute atomic E-state index is 4.58. The van der Waals surface area contributed by atoms with E-state index in [1.165, 1.54) is 45.0 Å². The summed E-state index contributed by atoms with van der Waals surface area (Å²) >= 11 is 0. The summed E-state index contributed by atoms with van der Waals surface area (Å²) in [5.74, 6) is 0. The van der Waals surface area contributed by atoms with E-state index >= 15 is 0 Å². The number of aromatic nitrogens is 6. The number of anilines is 6. The van der Waals surface area contributed by atoms with Crippen LogP contribution in [0.15, 0.2) is 182 Å². The zero-order chi connectivity index (χ0) is 40.6. The average Bonchev–Trinajstić information content (AvgIpc) is 4.00. The van der Waals surface area contributed by atoms with Gasteiger partial charge in [-0.15, -0.1) is 10.2 Å². The lowest BCUT2D eigenvalue weighted by Gasteiger charge is -2.42. The first-order chi connectivity index (χ1) is 29.3. The van der Waals surface area contributed by atoms with Crippen LogP contribution in [0.25, 0.3) is 33.9 Å². The van der Waals surface area contributed by atoms with Crippen LogP contribution in [-0.4, -0.2) is 30.0 Å². The first-order valence-corrected chi connectivity index (χ1v) is 20.4. The van der Waals surface area contributed by atoms with Gasteiger partial charge in [-0.05, 0) is 101 Å². The summed E-state index contributed by atoms with van der Waals surface area (Å²) in [4.78, 5) is 4.72. The normalized spacial score (nSPS) is 14.5. The second-order valence-electron chi connectivity index (χ2n) is 16.7. The Kier molecular flexibility index (Phi) is 8.00. The minimum absolute atomic E-state index is 0.102. The Bertz CT molecular complexity index is 2760. The molecule has 8 nitrogen and oxygen atoms in total. The van der Waals surface area contributed by atoms with Crippen LogP contribution in [0.1, 0.15) is 49.9 Å². The Hall–Kier alpha value is -7.58. The highest BCUT2D eigenvalue weighted by Gasteiger charge is 2.37. The predicted octanol–water partition coefficient (Wildman–Crippen LogP) is 12.4. The fourth-order valence-electron chi connectivity index (χ4n) is 9.29. The molecule has 4 heterocycles. The SMILES string of the molecule is CC1(C)c2ccccc2N(c2ccc(-n3cc(-c4cccc(-c5cn(-c6ccc(N7c8ccccc8C(C)(C)c8ccccc87)cc6)nn5)c4)nn3)cc2)c2ccccc21. The van der Waals surface area contributed by atoms with Crippen molar-refractivity contribution in [3.8, 4) is 33.9 Å². The van der Waals surface area contributed by atoms with Crippen molar-refractivity contribution in [1.82, 2.24) is 30.0 Å². The maximum atomic E-state index is 4.58. The largest absolute Gasteiger partial charge is 0.310 e. The van der Waals surface area contributed by atoms with Gasteiger partial charge in [0.2, 0.25) is 0 Å². The molecule has 0 aliphatic carbocycles. The van der Waals surface area contributed by atoms with Gasteiger partial charge in [0.1, 0.15) is 11.4 Å². The third kappa shape index (κ3) is 5.59. The van der Waals surface area contributed by atoms with Crippen molar-refractivity contribution in [2.75, 3.05) is 9.80 Å². The number of para-hydroxylation sites is 4. The second-order valence-corrected chi connectivity index (χ2v) is 16.7. The predicted molar refractivity (Wildman–Crippen MR) is 241 cm³/mol. The first-order valence-electron chi connectivity index (χ1n) is 20.4. The minimum atomic E-state index is -0.102. The van der Waals surface area contributed by atoms with Crippen LogP contribution in [0, 0.1) is 0 Å². The smallest absolute Gasteiger partial charge is 0.113 e. The quantitative estimate of drug-likeness (QED) is 0.167. The summed E-state index contributed by atoms with van der Waals surface area (Å²) in [6.07, 6.45) is 3.95. The molecule has 0 N–H and O–H groups in total. The lowest BCUT2D eigenvalue weighted by Crippen LogP contribution is -2.30. The summed E-state index contributed by atoms with van der Waals surface area (Å²) in [6.45, 7) is 9.23. The van der Waals surface area contributed by atoms with Gasteiger partial charge in [0.15, 0.2) is 0 Å². The molecule has 2 aromatic heterocycles. The Morgan fingerprint density at radius 2 is 0.667 bits per heavy atom. The van der Waals surface area contributed by atoms with Crippen molar-refractivity contribution < 1.29 is 0 Å². The van der Waals surface area contributed by atoms with E-state index in [1.807, 2.05) is 27.8 Å². The van der Waals surface area contributed by atoms with E-state index in [-0.39, 0.29) is 10.8 Å². The molecule has 7 aromatic carbocycles. The van der Waals surface area contributed by atoms with E-state index in [9.17, 15) is 0 Å². The van der Waals surface area contributed by atoms with Gasteiger partial charge in [-0.3, -0.25) is 0 Å². The molecule has 0 saturated heterocycles. The molecule has 0 atom stereocenters. The molecule has 2 aliphatic rings. The monoisotopic (exact) mass is 778 g/mol. The fraction of sp³-hybridized carbons (Fsp3) is 0.115. The van der Waals surface area contributed by atoms with Crippen LogP contribution in [0.5, 0.6) is 0 Å². The molecule has 9 aromatic rings. The van der Waals surface area contributed by atoms with Gasteiger partial charge in [-0.2, -0.15) is 0 Å². The Labute approximate surface area is 349 Å². The summed E-state index contributed by atoms with van der Waals surface area (Å²) < 4.78 is 3.66. The lowest BCUT2D eigenvalue weighted by molar-refractivity contribution is 0.631. The molecule has 0 spiro atoms. The van der Waals surface area contributed by atoms with Gasteiger partial charge in [-0.25, -0.2) is 9.36 Å². The van der Waals surface area contributed by atoms with E-state index in [0.29, 0.717) is 0 Å². The molecule has 0 bridgehead atoms. The summed E-state index contributed by atoms with van der Waals surface area (Å²) in [6, 6.07) is 60.1. The highest BCUT2D eigenvalue weighted by molar-refractivity contribution is 5.87. The van der Waals surface area contributed by atoms with E-state index < -0.39 is 0 Å². The van der Waals surface area contributed by atoms with Gasteiger partial charge in [0, 0.05) is 33.3 Å². The van der Waals surface area contributed by atoms with Crippen LogP contribution < -0.4 is 9.80 Å². The Morgan fingerprint density at radius 3 is 1.02 bits per heavy atom. The molecule has 0 unspecified atom stereocenters. The van der Waals surface area contributed by atoms with Crippen LogP contribution in [-0.2, 0) is 10.8 Å². The summed E-state index contributed by atoms with van der Waals surface area (Å²) in [5.41, 5.74) is 17.3. The number of rotatable bonds is 6. The van der Waals surface area contributed by atoms with Crippen LogP contribution in [0.3, 0.4) is 0 Å². The highest BCUT2D eigenvalue weighted by Crippen LogP contribution is 2.53. The van der Waals surface area contributed by atoms with Gasteiger partial charge in [0.05, 0.1) is 46.5 Å². The Morgan fingerprint density at radius 1 is 0.350 bits per heavy atom. The molecule has 0 saturated carbocycles. The molecule has 290 valence electrons. The molecule has 0 radical (unpaired) electrons. The Balaban J connectivity index is 0.837. The van der Waals surface area contributed by atoms with E-state index in [0.717, 1.165) is 45.3 Å². The van der Waals surface area contributed by atoms with Crippen molar-refractivity contribution in [1.29, 1.82) is 0 Å². The van der Waals surface area contributed by atoms with Crippen molar-refractivity contribution in [2.24, 2.45) is 0 Å². The van der Waals surface area contributed by atoms with Gasteiger partial charge in [0.25, 0.3) is 0 Å². The minimum Gasteiger partial charge on any atom is -0.310 e. The third-order valence-electron chi connectivity index (χ3n) is 12.5. The summed E-state index contributed by atoms with van der Waals surface area (Å²) in [5, 5.41) is 18.2. The van der Waals surface area contributed by atoms with Gasteiger partial charge >= 0.3 is 0 Å². The molecule has 11 rings (SSSR count). The maximum Gasteiger partial charge on any atom is 0.113 e. The molecule has 8 heteroatoms. The van der Waals surface area contributed by atoms with Crippen molar-refractivity contribution in [2.45, 2.75) is 38.5 Å². The van der Waals surface area contributed by atoms with Crippen molar-refractivity contribution in [3.05, 3.63) is 205 Å². The first kappa shape index (κ1) is 35.6. The average molecular weight is 779 g/mol. The fourth-order valence-corrected chi connectivity index (χ4v) is 9.29. The van der Waals surface area contributed by atoms with E-state index in [2.05, 4.69) is 222 Å². The topological polar surface area (TPSA) is 67.9 Å². The number of benzene rings is 7. The van der Waals surface area contributed by atoms with Crippen LogP contribution in [0.2, 0.25) is 0 Å². The van der Waals surface area contributed by atoms with Gasteiger partial charge < -0.3 is 9.80 Å². The molecular weight excluding hydrogens is 737 g/mol. The number of hydrogen-bond donors (Lipinski definition) is 0. The second kappa shape index (κ2) is 13.5. The zero-order valence-corrected chi connectivity index (χ0v) is 33.9. The zero-order valence-electron chi connectivity index (χ0n) is 33.9. The van der Waals surface area contributed by atoms with Crippen LogP contribution >= 0.6 is 0 Å². The van der Waals surface area contributed by atoms with Crippen molar-refractivity contribution in [3.63, 3.8) is 0 Å².